The Kier molecular flexibility index (Phi) is 5.77. The molecule has 0 aliphatic heterocycles. The van der Waals surface area contributed by atoms with Crippen LogP contribution in [0.15, 0.2) is 48.5 Å². The van der Waals surface area contributed by atoms with Gasteiger partial charge in [-0.15, -0.1) is 0 Å². The first kappa shape index (κ1) is 17.5. The number of carbonyl (C=O) groups is 1. The number of aliphatic hydroxyl groups is 1. The second-order valence-electron chi connectivity index (χ2n) is 5.74. The minimum atomic E-state index is -0.685. The third-order valence-electron chi connectivity index (χ3n) is 3.76. The first-order valence-corrected chi connectivity index (χ1v) is 7.80. The van der Waals surface area contributed by atoms with Gasteiger partial charge in [-0.25, -0.2) is 0 Å². The number of aliphatic hydroxyl groups excluding tert-OH is 1. The van der Waals surface area contributed by atoms with Gasteiger partial charge in [0.1, 0.15) is 0 Å². The van der Waals surface area contributed by atoms with E-state index in [0.717, 1.165) is 11.1 Å². The van der Waals surface area contributed by atoms with Gasteiger partial charge in [0.05, 0.1) is 29.4 Å². The van der Waals surface area contributed by atoms with Crippen molar-refractivity contribution in [1.29, 1.82) is 0 Å². The van der Waals surface area contributed by atoms with Gasteiger partial charge in [-0.3, -0.25) is 10.1 Å². The van der Waals surface area contributed by atoms with Gasteiger partial charge in [-0.05, 0) is 37.1 Å². The molecule has 0 saturated carbocycles. The van der Waals surface area contributed by atoms with Crippen molar-refractivity contribution in [1.82, 2.24) is 5.32 Å². The fraction of sp³-hybridized carbons (Fsp3) is 0.278. The number of rotatable bonds is 6. The van der Waals surface area contributed by atoms with Crippen LogP contribution in [0.5, 0.6) is 0 Å². The quantitative estimate of drug-likeness (QED) is 0.761. The van der Waals surface area contributed by atoms with Crippen LogP contribution in [0.2, 0.25) is 5.02 Å². The highest BCUT2D eigenvalue weighted by Gasteiger charge is 2.25. The molecule has 1 unspecified atom stereocenters. The first-order chi connectivity index (χ1) is 10.9. The van der Waals surface area contributed by atoms with E-state index in [1.165, 1.54) is 0 Å². The van der Waals surface area contributed by atoms with Crippen LogP contribution < -0.4 is 10.6 Å². The zero-order valence-electron chi connectivity index (χ0n) is 13.3. The summed E-state index contributed by atoms with van der Waals surface area (Å²) in [7, 11) is 0. The average molecular weight is 333 g/mol. The molecule has 0 heterocycles. The van der Waals surface area contributed by atoms with Crippen LogP contribution in [-0.4, -0.2) is 24.2 Å². The lowest BCUT2D eigenvalue weighted by atomic mass is 9.93. The SMILES string of the molecule is Cc1ccc(NC(=O)CNC(C)(CO)c2ccccc2)c(Cl)c1. The van der Waals surface area contributed by atoms with Crippen molar-refractivity contribution in [2.24, 2.45) is 0 Å². The summed E-state index contributed by atoms with van der Waals surface area (Å²) in [5, 5.41) is 16.1. The molecule has 4 nitrogen and oxygen atoms in total. The minimum absolute atomic E-state index is 0.0656. The number of anilines is 1. The van der Waals surface area contributed by atoms with E-state index in [0.29, 0.717) is 10.7 Å². The monoisotopic (exact) mass is 332 g/mol. The van der Waals surface area contributed by atoms with Crippen molar-refractivity contribution in [2.45, 2.75) is 19.4 Å². The highest BCUT2D eigenvalue weighted by atomic mass is 35.5. The number of hydrogen-bond acceptors (Lipinski definition) is 3. The minimum Gasteiger partial charge on any atom is -0.394 e. The molecular formula is C18H21ClN2O2. The maximum Gasteiger partial charge on any atom is 0.238 e. The van der Waals surface area contributed by atoms with Crippen LogP contribution in [0.3, 0.4) is 0 Å². The lowest BCUT2D eigenvalue weighted by Crippen LogP contribution is -2.46. The molecule has 122 valence electrons. The summed E-state index contributed by atoms with van der Waals surface area (Å²) in [5.41, 5.74) is 1.84. The van der Waals surface area contributed by atoms with Gasteiger partial charge in [0.2, 0.25) is 5.91 Å². The molecule has 5 heteroatoms. The summed E-state index contributed by atoms with van der Waals surface area (Å²) in [6.07, 6.45) is 0. The Labute approximate surface area is 141 Å². The van der Waals surface area contributed by atoms with Crippen LogP contribution >= 0.6 is 11.6 Å². The van der Waals surface area contributed by atoms with E-state index in [1.54, 1.807) is 12.1 Å². The maximum atomic E-state index is 12.1. The van der Waals surface area contributed by atoms with E-state index in [9.17, 15) is 9.90 Å². The van der Waals surface area contributed by atoms with Crippen molar-refractivity contribution in [3.8, 4) is 0 Å². The second-order valence-corrected chi connectivity index (χ2v) is 6.15. The van der Waals surface area contributed by atoms with Crippen LogP contribution in [0.25, 0.3) is 0 Å². The van der Waals surface area contributed by atoms with E-state index >= 15 is 0 Å². The second kappa shape index (κ2) is 7.59. The normalized spacial score (nSPS) is 13.4. The molecule has 0 fully saturated rings. The van der Waals surface area contributed by atoms with E-state index in [2.05, 4.69) is 10.6 Å². The number of aryl methyl sites for hydroxylation is 1. The van der Waals surface area contributed by atoms with Crippen LogP contribution in [0.4, 0.5) is 5.69 Å². The van der Waals surface area contributed by atoms with Crippen LogP contribution in [0.1, 0.15) is 18.1 Å². The molecule has 23 heavy (non-hydrogen) atoms. The number of halogens is 1. The lowest BCUT2D eigenvalue weighted by Gasteiger charge is -2.29. The van der Waals surface area contributed by atoms with Gasteiger partial charge in [-0.1, -0.05) is 48.0 Å². The zero-order chi connectivity index (χ0) is 16.9. The molecule has 2 aromatic rings. The Balaban J connectivity index is 2.00. The van der Waals surface area contributed by atoms with Crippen molar-refractivity contribution in [3.63, 3.8) is 0 Å². The molecule has 0 radical (unpaired) electrons. The van der Waals surface area contributed by atoms with Crippen molar-refractivity contribution >= 4 is 23.2 Å². The fourth-order valence-electron chi connectivity index (χ4n) is 2.25. The van der Waals surface area contributed by atoms with E-state index in [1.807, 2.05) is 50.2 Å². The standard InChI is InChI=1S/C18H21ClN2O2/c1-13-8-9-16(15(19)10-13)21-17(23)11-20-18(2,12-22)14-6-4-3-5-7-14/h3-10,20,22H,11-12H2,1-2H3,(H,21,23). The van der Waals surface area contributed by atoms with Gasteiger partial charge in [0.15, 0.2) is 0 Å². The van der Waals surface area contributed by atoms with Gasteiger partial charge in [0, 0.05) is 0 Å². The number of carbonyl (C=O) groups excluding carboxylic acids is 1. The van der Waals surface area contributed by atoms with Gasteiger partial charge in [-0.2, -0.15) is 0 Å². The number of hydrogen-bond donors (Lipinski definition) is 3. The smallest absolute Gasteiger partial charge is 0.238 e. The molecule has 2 rings (SSSR count). The molecular weight excluding hydrogens is 312 g/mol. The van der Waals surface area contributed by atoms with Crippen molar-refractivity contribution < 1.29 is 9.90 Å². The van der Waals surface area contributed by atoms with Crippen LogP contribution in [-0.2, 0) is 10.3 Å². The van der Waals surface area contributed by atoms with E-state index in [-0.39, 0.29) is 19.1 Å². The lowest BCUT2D eigenvalue weighted by molar-refractivity contribution is -0.115. The predicted octanol–water partition coefficient (Wildman–Crippen LogP) is 3.08. The average Bonchev–Trinajstić information content (AvgIpc) is 2.56. The molecule has 1 atom stereocenters. The topological polar surface area (TPSA) is 61.4 Å². The largest absolute Gasteiger partial charge is 0.394 e. The summed E-state index contributed by atoms with van der Waals surface area (Å²) >= 11 is 6.11. The Morgan fingerprint density at radius 1 is 1.22 bits per heavy atom. The molecule has 0 aromatic heterocycles. The zero-order valence-corrected chi connectivity index (χ0v) is 14.0. The van der Waals surface area contributed by atoms with Gasteiger partial charge >= 0.3 is 0 Å². The third-order valence-corrected chi connectivity index (χ3v) is 4.08. The summed E-state index contributed by atoms with van der Waals surface area (Å²) in [4.78, 5) is 12.1. The van der Waals surface area contributed by atoms with E-state index < -0.39 is 5.54 Å². The molecule has 0 saturated heterocycles. The van der Waals surface area contributed by atoms with Crippen LogP contribution in [0, 0.1) is 6.92 Å². The summed E-state index contributed by atoms with van der Waals surface area (Å²) in [6, 6.07) is 15.0. The molecule has 0 bridgehead atoms. The Bertz CT molecular complexity index is 676. The summed E-state index contributed by atoms with van der Waals surface area (Å²) in [5.74, 6) is -0.216. The Hall–Kier alpha value is -1.88. The van der Waals surface area contributed by atoms with Gasteiger partial charge < -0.3 is 10.4 Å². The molecule has 3 N–H and O–H groups in total. The highest BCUT2D eigenvalue weighted by molar-refractivity contribution is 6.33. The highest BCUT2D eigenvalue weighted by Crippen LogP contribution is 2.23. The molecule has 0 spiro atoms. The first-order valence-electron chi connectivity index (χ1n) is 7.42. The maximum absolute atomic E-state index is 12.1. The number of benzene rings is 2. The Morgan fingerprint density at radius 2 is 1.91 bits per heavy atom. The third kappa shape index (κ3) is 4.55. The molecule has 1 amide bonds. The molecule has 0 aliphatic rings. The summed E-state index contributed by atoms with van der Waals surface area (Å²) < 4.78 is 0. The number of amides is 1. The summed E-state index contributed by atoms with van der Waals surface area (Å²) in [6.45, 7) is 3.74. The molecule has 0 aliphatic carbocycles. The van der Waals surface area contributed by atoms with Crippen molar-refractivity contribution in [2.75, 3.05) is 18.5 Å². The fourth-order valence-corrected chi connectivity index (χ4v) is 2.53. The Morgan fingerprint density at radius 3 is 2.52 bits per heavy atom. The van der Waals surface area contributed by atoms with Crippen molar-refractivity contribution in [3.05, 3.63) is 64.7 Å². The van der Waals surface area contributed by atoms with Gasteiger partial charge in [0.25, 0.3) is 0 Å². The van der Waals surface area contributed by atoms with E-state index in [4.69, 9.17) is 11.6 Å². The molecule has 2 aromatic carbocycles. The number of nitrogens with one attached hydrogen (secondary N) is 2. The predicted molar refractivity (Wildman–Crippen MR) is 93.7 cm³/mol.